The highest BCUT2D eigenvalue weighted by Crippen LogP contribution is 2.26. The average molecular weight is 592 g/mol. The van der Waals surface area contributed by atoms with Crippen LogP contribution < -0.4 is 9.64 Å². The van der Waals surface area contributed by atoms with Crippen LogP contribution in [0.3, 0.4) is 0 Å². The Morgan fingerprint density at radius 3 is 2.37 bits per heavy atom. The van der Waals surface area contributed by atoms with Crippen molar-refractivity contribution in [2.24, 2.45) is 11.8 Å². The summed E-state index contributed by atoms with van der Waals surface area (Å²) in [6, 6.07) is 4.69. The second-order valence-electron chi connectivity index (χ2n) is 11.6. The second-order valence-corrected chi connectivity index (χ2v) is 12.0. The second kappa shape index (κ2) is 13.6. The topological polar surface area (TPSA) is 122 Å². The molecular weight excluding hydrogens is 553 g/mol. The first kappa shape index (κ1) is 29.9. The van der Waals surface area contributed by atoms with E-state index in [1.807, 2.05) is 4.90 Å². The van der Waals surface area contributed by atoms with Gasteiger partial charge in [0.05, 0.1) is 42.7 Å². The maximum Gasteiger partial charge on any atom is 0.227 e. The molecule has 3 aliphatic rings. The molecule has 3 fully saturated rings. The molecule has 41 heavy (non-hydrogen) atoms. The summed E-state index contributed by atoms with van der Waals surface area (Å²) in [6.07, 6.45) is 4.21. The van der Waals surface area contributed by atoms with Gasteiger partial charge >= 0.3 is 0 Å². The van der Waals surface area contributed by atoms with Gasteiger partial charge in [0.1, 0.15) is 17.7 Å². The Morgan fingerprint density at radius 1 is 1.02 bits per heavy atom. The van der Waals surface area contributed by atoms with Crippen molar-refractivity contribution < 1.29 is 29.2 Å². The molecule has 0 radical (unpaired) electrons. The van der Waals surface area contributed by atoms with Crippen LogP contribution in [-0.4, -0.2) is 112 Å². The number of rotatable bonds is 10. The van der Waals surface area contributed by atoms with Gasteiger partial charge in [-0.3, -0.25) is 9.69 Å². The van der Waals surface area contributed by atoms with Crippen molar-refractivity contribution in [2.75, 3.05) is 57.3 Å². The molecule has 10 nitrogen and oxygen atoms in total. The first-order valence-corrected chi connectivity index (χ1v) is 14.8. The van der Waals surface area contributed by atoms with Crippen LogP contribution in [0, 0.1) is 17.7 Å². The Kier molecular flexibility index (Phi) is 9.92. The fraction of sp³-hybridized carbons (Fsp3) is 0.621. The number of carbonyl (C=O) groups excluding carboxylic acids is 1. The smallest absolute Gasteiger partial charge is 0.227 e. The number of aliphatic hydroxyl groups excluding tert-OH is 3. The molecule has 3 saturated heterocycles. The summed E-state index contributed by atoms with van der Waals surface area (Å²) in [7, 11) is 0. The summed E-state index contributed by atoms with van der Waals surface area (Å²) in [4.78, 5) is 27.1. The van der Waals surface area contributed by atoms with Crippen LogP contribution in [0.4, 0.5) is 10.3 Å². The summed E-state index contributed by atoms with van der Waals surface area (Å²) >= 11 is 5.87. The molecule has 1 aromatic carbocycles. The van der Waals surface area contributed by atoms with Crippen LogP contribution in [0.15, 0.2) is 30.6 Å². The zero-order valence-corrected chi connectivity index (χ0v) is 23.9. The van der Waals surface area contributed by atoms with Gasteiger partial charge in [-0.15, -0.1) is 0 Å². The third kappa shape index (κ3) is 7.84. The summed E-state index contributed by atoms with van der Waals surface area (Å²) < 4.78 is 20.5. The number of benzene rings is 1. The monoisotopic (exact) mass is 591 g/mol. The summed E-state index contributed by atoms with van der Waals surface area (Å²) in [6.45, 7) is 4.66. The third-order valence-corrected chi connectivity index (χ3v) is 8.60. The molecular formula is C29H39ClFN5O5. The Labute approximate surface area is 244 Å². The molecule has 3 N–H and O–H groups in total. The van der Waals surface area contributed by atoms with Gasteiger partial charge in [-0.25, -0.2) is 14.4 Å². The molecule has 0 aliphatic carbocycles. The van der Waals surface area contributed by atoms with E-state index in [0.29, 0.717) is 61.6 Å². The number of β-amino-alcohol motifs (C(OH)–C–C–N with tert-alkyl or cyclic N) is 2. The largest absolute Gasteiger partial charge is 0.493 e. The minimum atomic E-state index is -1.12. The molecule has 224 valence electrons. The first-order valence-electron chi connectivity index (χ1n) is 14.4. The van der Waals surface area contributed by atoms with Crippen molar-refractivity contribution >= 4 is 23.5 Å². The van der Waals surface area contributed by atoms with Crippen LogP contribution in [-0.2, 0) is 11.2 Å². The lowest BCUT2D eigenvalue weighted by Gasteiger charge is -2.44. The number of piperidine rings is 2. The van der Waals surface area contributed by atoms with Crippen LogP contribution in [0.5, 0.6) is 5.75 Å². The number of aliphatic hydroxyl groups is 3. The van der Waals surface area contributed by atoms with Gasteiger partial charge in [0.25, 0.3) is 0 Å². The number of carbonyl (C=O) groups is 1. The lowest BCUT2D eigenvalue weighted by molar-refractivity contribution is -0.139. The van der Waals surface area contributed by atoms with Gasteiger partial charge < -0.3 is 29.9 Å². The Balaban J connectivity index is 0.972. The molecule has 0 saturated carbocycles. The lowest BCUT2D eigenvalue weighted by atomic mass is 9.92. The van der Waals surface area contributed by atoms with Crippen molar-refractivity contribution in [2.45, 2.75) is 50.4 Å². The maximum absolute atomic E-state index is 14.7. The molecule has 1 aromatic heterocycles. The van der Waals surface area contributed by atoms with Gasteiger partial charge in [0.2, 0.25) is 11.9 Å². The van der Waals surface area contributed by atoms with Gasteiger partial charge in [0, 0.05) is 57.8 Å². The fourth-order valence-corrected chi connectivity index (χ4v) is 6.07. The highest BCUT2D eigenvalue weighted by Gasteiger charge is 2.37. The standard InChI is InChI=1S/C29H39ClFN5O5/c30-22-12-32-29(33-13-22)35-7-5-19(6-8-35)2-1-9-41-23-4-3-21(24(31)11-23)10-27(39)36-15-20(16-36)14-34-17-25(37)28(40)26(38)18-34/h3-4,11-13,19-20,25-26,28,37-38,40H,1-2,5-10,14-18H2. The molecule has 2 unspecified atom stereocenters. The van der Waals surface area contributed by atoms with Crippen LogP contribution in [0.1, 0.15) is 31.2 Å². The number of hydrogen-bond donors (Lipinski definition) is 3. The number of hydrogen-bond acceptors (Lipinski definition) is 9. The lowest BCUT2D eigenvalue weighted by Crippen LogP contribution is -2.59. The zero-order valence-electron chi connectivity index (χ0n) is 23.1. The molecule has 3 aliphatic heterocycles. The third-order valence-electron chi connectivity index (χ3n) is 8.40. The molecule has 5 rings (SSSR count). The van der Waals surface area contributed by atoms with E-state index < -0.39 is 24.1 Å². The summed E-state index contributed by atoms with van der Waals surface area (Å²) in [5, 5.41) is 29.9. The molecule has 2 atom stereocenters. The number of amides is 1. The predicted molar refractivity (Wildman–Crippen MR) is 151 cm³/mol. The first-order chi connectivity index (χ1) is 19.7. The number of likely N-dealkylation sites (tertiary alicyclic amines) is 2. The molecule has 2 aromatic rings. The van der Waals surface area contributed by atoms with E-state index in [1.165, 1.54) is 6.07 Å². The zero-order chi connectivity index (χ0) is 28.9. The van der Waals surface area contributed by atoms with E-state index in [2.05, 4.69) is 14.9 Å². The van der Waals surface area contributed by atoms with E-state index in [-0.39, 0.29) is 18.2 Å². The van der Waals surface area contributed by atoms with Gasteiger partial charge in [-0.05, 0) is 43.2 Å². The highest BCUT2D eigenvalue weighted by atomic mass is 35.5. The molecule has 1 amide bonds. The normalized spacial score (nSPS) is 24.4. The Bertz CT molecular complexity index is 1150. The number of halogens is 2. The van der Waals surface area contributed by atoms with Gasteiger partial charge in [0.15, 0.2) is 0 Å². The van der Waals surface area contributed by atoms with Crippen molar-refractivity contribution in [1.29, 1.82) is 0 Å². The SMILES string of the molecule is O=C(Cc1ccc(OCCCC2CCN(c3ncc(Cl)cn3)CC2)cc1F)N1CC(CN2CC(O)C(O)C(O)C2)C1. The highest BCUT2D eigenvalue weighted by molar-refractivity contribution is 6.30. The quantitative estimate of drug-likeness (QED) is 0.355. The Hall–Kier alpha value is -2.57. The number of aromatic nitrogens is 2. The Morgan fingerprint density at radius 2 is 1.71 bits per heavy atom. The van der Waals surface area contributed by atoms with E-state index >= 15 is 0 Å². The van der Waals surface area contributed by atoms with Crippen LogP contribution >= 0.6 is 11.6 Å². The number of anilines is 1. The molecule has 0 bridgehead atoms. The molecule has 0 spiro atoms. The summed E-state index contributed by atoms with van der Waals surface area (Å²) in [5.41, 5.74) is 0.346. The minimum Gasteiger partial charge on any atom is -0.493 e. The van der Waals surface area contributed by atoms with Crippen molar-refractivity contribution in [3.63, 3.8) is 0 Å². The van der Waals surface area contributed by atoms with E-state index in [1.54, 1.807) is 29.4 Å². The van der Waals surface area contributed by atoms with Crippen molar-refractivity contribution in [3.8, 4) is 5.75 Å². The fourth-order valence-electron chi connectivity index (χ4n) is 5.97. The number of nitrogens with zero attached hydrogens (tertiary/aromatic N) is 5. The average Bonchev–Trinajstić information content (AvgIpc) is 2.93. The predicted octanol–water partition coefficient (Wildman–Crippen LogP) is 1.74. The van der Waals surface area contributed by atoms with E-state index in [0.717, 1.165) is 44.7 Å². The molecule has 12 heteroatoms. The van der Waals surface area contributed by atoms with E-state index in [9.17, 15) is 24.5 Å². The van der Waals surface area contributed by atoms with Crippen LogP contribution in [0.25, 0.3) is 0 Å². The molecule has 4 heterocycles. The van der Waals surface area contributed by atoms with Gasteiger partial charge in [-0.2, -0.15) is 0 Å². The van der Waals surface area contributed by atoms with Crippen molar-refractivity contribution in [1.82, 2.24) is 19.8 Å². The maximum atomic E-state index is 14.7. The number of ether oxygens (including phenoxy) is 1. The summed E-state index contributed by atoms with van der Waals surface area (Å²) in [5.74, 6) is 1.44. The minimum absolute atomic E-state index is 0.00801. The van der Waals surface area contributed by atoms with E-state index in [4.69, 9.17) is 16.3 Å². The van der Waals surface area contributed by atoms with Crippen molar-refractivity contribution in [3.05, 3.63) is 47.0 Å². The van der Waals surface area contributed by atoms with Crippen LogP contribution in [0.2, 0.25) is 5.02 Å². The van der Waals surface area contributed by atoms with Gasteiger partial charge in [-0.1, -0.05) is 17.7 Å².